The van der Waals surface area contributed by atoms with Crippen LogP contribution in [0.1, 0.15) is 37.4 Å². The Kier molecular flexibility index (Phi) is 7.51. The van der Waals surface area contributed by atoms with Gasteiger partial charge in [0.2, 0.25) is 0 Å². The number of hydrogen-bond donors (Lipinski definition) is 2. The number of ether oxygens (including phenoxy) is 1. The smallest absolute Gasteiger partial charge is 0.343 e. The molecular formula is C29H25N3O4. The van der Waals surface area contributed by atoms with Crippen molar-refractivity contribution in [2.24, 2.45) is 5.10 Å². The molecule has 4 aromatic carbocycles. The summed E-state index contributed by atoms with van der Waals surface area (Å²) in [5.74, 6) is -1.02. The molecule has 0 unspecified atom stereocenters. The van der Waals surface area contributed by atoms with Crippen molar-refractivity contribution in [1.29, 1.82) is 0 Å². The molecule has 36 heavy (non-hydrogen) atoms. The molecule has 2 N–H and O–H groups in total. The van der Waals surface area contributed by atoms with Crippen molar-refractivity contribution in [2.75, 3.05) is 6.54 Å². The van der Waals surface area contributed by atoms with Crippen LogP contribution in [0, 0.1) is 13.8 Å². The van der Waals surface area contributed by atoms with Gasteiger partial charge in [0.05, 0.1) is 18.3 Å². The molecule has 0 heterocycles. The summed E-state index contributed by atoms with van der Waals surface area (Å²) in [4.78, 5) is 37.3. The molecule has 4 aromatic rings. The highest BCUT2D eigenvalue weighted by atomic mass is 16.5. The largest absolute Gasteiger partial charge is 0.422 e. The molecule has 0 aliphatic carbocycles. The number of aryl methyl sites for hydroxylation is 2. The first-order chi connectivity index (χ1) is 17.4. The first kappa shape index (κ1) is 24.3. The Morgan fingerprint density at radius 3 is 2.36 bits per heavy atom. The third-order valence-electron chi connectivity index (χ3n) is 5.60. The maximum Gasteiger partial charge on any atom is 0.343 e. The van der Waals surface area contributed by atoms with Crippen molar-refractivity contribution in [3.8, 4) is 5.75 Å². The zero-order chi connectivity index (χ0) is 25.5. The summed E-state index contributed by atoms with van der Waals surface area (Å²) in [5.41, 5.74) is 5.73. The predicted octanol–water partition coefficient (Wildman–Crippen LogP) is 4.56. The molecule has 7 nitrogen and oxygen atoms in total. The first-order valence-electron chi connectivity index (χ1n) is 11.4. The highest BCUT2D eigenvalue weighted by Crippen LogP contribution is 2.27. The maximum absolute atomic E-state index is 12.7. The second kappa shape index (κ2) is 11.1. The lowest BCUT2D eigenvalue weighted by Crippen LogP contribution is -2.35. The molecular weight excluding hydrogens is 454 g/mol. The minimum absolute atomic E-state index is 0.241. The third-order valence-corrected chi connectivity index (χ3v) is 5.60. The van der Waals surface area contributed by atoms with Gasteiger partial charge in [-0.15, -0.1) is 0 Å². The van der Waals surface area contributed by atoms with Gasteiger partial charge in [0.1, 0.15) is 5.75 Å². The van der Waals surface area contributed by atoms with Crippen LogP contribution in [0.15, 0.2) is 90.0 Å². The van der Waals surface area contributed by atoms with E-state index in [1.165, 1.54) is 6.21 Å². The van der Waals surface area contributed by atoms with Gasteiger partial charge < -0.3 is 10.1 Å². The van der Waals surface area contributed by atoms with E-state index in [9.17, 15) is 14.4 Å². The van der Waals surface area contributed by atoms with Crippen LogP contribution in [0.4, 0.5) is 0 Å². The fourth-order valence-corrected chi connectivity index (χ4v) is 3.64. The van der Waals surface area contributed by atoms with Crippen molar-refractivity contribution in [3.63, 3.8) is 0 Å². The summed E-state index contributed by atoms with van der Waals surface area (Å²) in [7, 11) is 0. The van der Waals surface area contributed by atoms with Crippen LogP contribution in [-0.4, -0.2) is 30.5 Å². The molecule has 0 saturated heterocycles. The average Bonchev–Trinajstić information content (AvgIpc) is 2.89. The molecule has 7 heteroatoms. The zero-order valence-corrected chi connectivity index (χ0v) is 19.9. The van der Waals surface area contributed by atoms with Gasteiger partial charge in [0.15, 0.2) is 0 Å². The second-order valence-electron chi connectivity index (χ2n) is 8.24. The third kappa shape index (κ3) is 5.82. The monoisotopic (exact) mass is 479 g/mol. The number of hydrazone groups is 1. The van der Waals surface area contributed by atoms with E-state index >= 15 is 0 Å². The van der Waals surface area contributed by atoms with Crippen LogP contribution in [0.25, 0.3) is 10.8 Å². The lowest BCUT2D eigenvalue weighted by molar-refractivity contribution is -0.120. The van der Waals surface area contributed by atoms with Gasteiger partial charge >= 0.3 is 5.97 Å². The molecule has 0 radical (unpaired) electrons. The van der Waals surface area contributed by atoms with Crippen molar-refractivity contribution in [3.05, 3.63) is 113 Å². The molecule has 0 spiro atoms. The van der Waals surface area contributed by atoms with Gasteiger partial charge in [-0.05, 0) is 54.4 Å². The van der Waals surface area contributed by atoms with Gasteiger partial charge in [0.25, 0.3) is 11.8 Å². The summed E-state index contributed by atoms with van der Waals surface area (Å²) < 4.78 is 5.68. The van der Waals surface area contributed by atoms with Crippen LogP contribution >= 0.6 is 0 Å². The highest BCUT2D eigenvalue weighted by Gasteiger charge is 2.14. The lowest BCUT2D eigenvalue weighted by atomic mass is 10.0. The average molecular weight is 480 g/mol. The van der Waals surface area contributed by atoms with Crippen molar-refractivity contribution in [1.82, 2.24) is 10.7 Å². The quantitative estimate of drug-likeness (QED) is 0.176. The Morgan fingerprint density at radius 2 is 1.58 bits per heavy atom. The van der Waals surface area contributed by atoms with E-state index in [0.29, 0.717) is 22.4 Å². The van der Waals surface area contributed by atoms with Crippen molar-refractivity contribution >= 4 is 34.8 Å². The summed E-state index contributed by atoms with van der Waals surface area (Å²) in [6.07, 6.45) is 1.43. The topological polar surface area (TPSA) is 96.9 Å². The van der Waals surface area contributed by atoms with E-state index in [2.05, 4.69) is 15.8 Å². The van der Waals surface area contributed by atoms with Gasteiger partial charge in [-0.2, -0.15) is 5.10 Å². The molecule has 0 bridgehead atoms. The van der Waals surface area contributed by atoms with Gasteiger partial charge in [-0.3, -0.25) is 9.59 Å². The number of benzene rings is 4. The Hall–Kier alpha value is -4.78. The number of hydrogen-bond acceptors (Lipinski definition) is 5. The molecule has 2 amide bonds. The summed E-state index contributed by atoms with van der Waals surface area (Å²) in [6.45, 7) is 3.53. The zero-order valence-electron chi connectivity index (χ0n) is 19.9. The van der Waals surface area contributed by atoms with E-state index in [1.807, 2.05) is 68.4 Å². The van der Waals surface area contributed by atoms with Crippen LogP contribution in [0.2, 0.25) is 0 Å². The van der Waals surface area contributed by atoms with Crippen LogP contribution in [0.3, 0.4) is 0 Å². The number of rotatable bonds is 7. The molecule has 0 aromatic heterocycles. The molecule has 0 aliphatic rings. The van der Waals surface area contributed by atoms with Crippen LogP contribution in [0.5, 0.6) is 5.75 Å². The van der Waals surface area contributed by atoms with E-state index in [-0.39, 0.29) is 12.5 Å². The lowest BCUT2D eigenvalue weighted by Gasteiger charge is -2.11. The fourth-order valence-electron chi connectivity index (χ4n) is 3.64. The van der Waals surface area contributed by atoms with Gasteiger partial charge in [0, 0.05) is 11.1 Å². The molecule has 0 fully saturated rings. The van der Waals surface area contributed by atoms with Gasteiger partial charge in [-0.25, -0.2) is 10.2 Å². The maximum atomic E-state index is 12.7. The Balaban J connectivity index is 1.47. The van der Waals surface area contributed by atoms with Crippen molar-refractivity contribution in [2.45, 2.75) is 13.8 Å². The molecule has 0 atom stereocenters. The minimum Gasteiger partial charge on any atom is -0.422 e. The Labute approximate surface area is 208 Å². The van der Waals surface area contributed by atoms with E-state index in [4.69, 9.17) is 4.74 Å². The number of carbonyl (C=O) groups excluding carboxylic acids is 3. The molecule has 4 rings (SSSR count). The standard InChI is InChI=1S/C29H25N3O4/c1-19-11-13-22(14-12-19)29(35)36-26-16-15-21-8-4-6-10-24(21)25(26)17-31-32-27(33)18-30-28(34)23-9-5-3-7-20(23)2/h3-17H,18H2,1-2H3,(H,30,34)(H,32,33). The van der Waals surface area contributed by atoms with Crippen molar-refractivity contribution < 1.29 is 19.1 Å². The number of amides is 2. The molecule has 0 aliphatic heterocycles. The minimum atomic E-state index is -0.497. The number of fused-ring (bicyclic) bond motifs is 1. The van der Waals surface area contributed by atoms with Crippen LogP contribution in [-0.2, 0) is 4.79 Å². The Morgan fingerprint density at radius 1 is 0.861 bits per heavy atom. The summed E-state index contributed by atoms with van der Waals surface area (Å²) >= 11 is 0. The Bertz CT molecular complexity index is 1460. The number of nitrogens with zero attached hydrogens (tertiary/aromatic N) is 1. The van der Waals surface area contributed by atoms with E-state index < -0.39 is 11.9 Å². The molecule has 180 valence electrons. The highest BCUT2D eigenvalue weighted by molar-refractivity contribution is 6.04. The van der Waals surface area contributed by atoms with E-state index in [1.54, 1.807) is 30.3 Å². The second-order valence-corrected chi connectivity index (χ2v) is 8.24. The van der Waals surface area contributed by atoms with E-state index in [0.717, 1.165) is 21.9 Å². The normalized spacial score (nSPS) is 10.8. The fraction of sp³-hybridized carbons (Fsp3) is 0.103. The summed E-state index contributed by atoms with van der Waals surface area (Å²) in [6, 6.07) is 25.3. The SMILES string of the molecule is Cc1ccc(C(=O)Oc2ccc3ccccc3c2C=NNC(=O)CNC(=O)c2ccccc2C)cc1. The first-order valence-corrected chi connectivity index (χ1v) is 11.4. The van der Waals surface area contributed by atoms with Gasteiger partial charge in [-0.1, -0.05) is 66.2 Å². The predicted molar refractivity (Wildman–Crippen MR) is 139 cm³/mol. The number of carbonyl (C=O) groups is 3. The molecule has 0 saturated carbocycles. The summed E-state index contributed by atoms with van der Waals surface area (Å²) in [5, 5.41) is 8.35. The number of esters is 1. The number of nitrogens with one attached hydrogen (secondary N) is 2. The van der Waals surface area contributed by atoms with Crippen LogP contribution < -0.4 is 15.5 Å².